The molecule has 6 nitrogen and oxygen atoms in total. The highest BCUT2D eigenvalue weighted by atomic mass is 32.1. The Kier molecular flexibility index (Phi) is 5.25. The van der Waals surface area contributed by atoms with Crippen LogP contribution in [0.15, 0.2) is 48.0 Å². The van der Waals surface area contributed by atoms with E-state index in [9.17, 15) is 4.79 Å². The zero-order chi connectivity index (χ0) is 17.6. The molecule has 0 aliphatic heterocycles. The van der Waals surface area contributed by atoms with Crippen molar-refractivity contribution in [2.75, 3.05) is 14.2 Å². The maximum atomic E-state index is 11.9. The molecule has 128 valence electrons. The van der Waals surface area contributed by atoms with Crippen LogP contribution in [0, 0.1) is 0 Å². The fraction of sp³-hybridized carbons (Fsp3) is 0.167. The number of nitrogens with zero attached hydrogens (tertiary/aromatic N) is 2. The Labute approximate surface area is 149 Å². The fourth-order valence-electron chi connectivity index (χ4n) is 2.17. The topological polar surface area (TPSA) is 70.5 Å². The van der Waals surface area contributed by atoms with Crippen molar-refractivity contribution in [1.29, 1.82) is 0 Å². The summed E-state index contributed by atoms with van der Waals surface area (Å²) < 4.78 is 15.8. The Bertz CT molecular complexity index is 865. The third-order valence-electron chi connectivity index (χ3n) is 3.41. The quantitative estimate of drug-likeness (QED) is 0.629. The van der Waals surface area contributed by atoms with Gasteiger partial charge in [0.25, 0.3) is 0 Å². The average Bonchev–Trinajstić information content (AvgIpc) is 3.15. The monoisotopic (exact) mass is 356 g/mol. The smallest absolute Gasteiger partial charge is 0.357 e. The Balaban J connectivity index is 1.69. The molecule has 2 aromatic heterocycles. The van der Waals surface area contributed by atoms with Crippen LogP contribution in [-0.2, 0) is 11.3 Å². The summed E-state index contributed by atoms with van der Waals surface area (Å²) in [7, 11) is 3.18. The molecule has 3 aromatic rings. The third-order valence-corrected chi connectivity index (χ3v) is 4.35. The fourth-order valence-corrected chi connectivity index (χ4v) is 2.97. The summed E-state index contributed by atoms with van der Waals surface area (Å²) in [6.45, 7) is 0.0964. The van der Waals surface area contributed by atoms with Gasteiger partial charge in [0.05, 0.1) is 19.9 Å². The zero-order valence-corrected chi connectivity index (χ0v) is 14.6. The maximum Gasteiger partial charge on any atom is 0.357 e. The van der Waals surface area contributed by atoms with Crippen LogP contribution in [0.3, 0.4) is 0 Å². The van der Waals surface area contributed by atoms with E-state index in [4.69, 9.17) is 14.2 Å². The van der Waals surface area contributed by atoms with E-state index in [1.165, 1.54) is 11.3 Å². The molecule has 0 N–H and O–H groups in total. The molecule has 0 unspecified atom stereocenters. The number of esters is 1. The summed E-state index contributed by atoms with van der Waals surface area (Å²) in [5, 5.41) is 2.67. The number of benzene rings is 1. The van der Waals surface area contributed by atoms with Gasteiger partial charge in [-0.15, -0.1) is 11.3 Å². The Morgan fingerprint density at radius 1 is 1.12 bits per heavy atom. The first-order valence-electron chi connectivity index (χ1n) is 7.46. The van der Waals surface area contributed by atoms with Gasteiger partial charge in [0, 0.05) is 17.1 Å². The number of rotatable bonds is 6. The lowest BCUT2D eigenvalue weighted by Gasteiger charge is -2.08. The van der Waals surface area contributed by atoms with Gasteiger partial charge in [0.2, 0.25) is 0 Å². The minimum absolute atomic E-state index is 0.0964. The van der Waals surface area contributed by atoms with Crippen LogP contribution in [0.25, 0.3) is 10.6 Å². The Morgan fingerprint density at radius 2 is 1.96 bits per heavy atom. The van der Waals surface area contributed by atoms with Gasteiger partial charge in [-0.05, 0) is 30.3 Å². The second-order valence-corrected chi connectivity index (χ2v) is 5.86. The van der Waals surface area contributed by atoms with Crippen LogP contribution in [0.5, 0.6) is 11.5 Å². The number of thiazole rings is 1. The molecule has 1 aromatic carbocycles. The van der Waals surface area contributed by atoms with E-state index in [1.807, 2.05) is 23.6 Å². The van der Waals surface area contributed by atoms with Gasteiger partial charge in [-0.3, -0.25) is 0 Å². The van der Waals surface area contributed by atoms with Crippen molar-refractivity contribution in [3.63, 3.8) is 0 Å². The van der Waals surface area contributed by atoms with Crippen molar-refractivity contribution < 1.29 is 19.0 Å². The lowest BCUT2D eigenvalue weighted by atomic mass is 10.2. The van der Waals surface area contributed by atoms with E-state index in [-0.39, 0.29) is 12.3 Å². The molecule has 0 spiro atoms. The van der Waals surface area contributed by atoms with Crippen LogP contribution >= 0.6 is 11.3 Å². The molecule has 0 atom stereocenters. The van der Waals surface area contributed by atoms with Gasteiger partial charge < -0.3 is 14.2 Å². The SMILES string of the molecule is COc1ccc(-c2nc(COC(=O)c3ccccn3)cs2)cc1OC. The summed E-state index contributed by atoms with van der Waals surface area (Å²) in [4.78, 5) is 20.4. The van der Waals surface area contributed by atoms with Gasteiger partial charge >= 0.3 is 5.97 Å². The lowest BCUT2D eigenvalue weighted by molar-refractivity contribution is 0.0461. The average molecular weight is 356 g/mol. The van der Waals surface area contributed by atoms with Crippen molar-refractivity contribution in [2.24, 2.45) is 0 Å². The number of carbonyl (C=O) groups excluding carboxylic acids is 1. The molecule has 25 heavy (non-hydrogen) atoms. The molecule has 0 aliphatic carbocycles. The van der Waals surface area contributed by atoms with Crippen LogP contribution in [0.4, 0.5) is 0 Å². The molecule has 0 aliphatic rings. The van der Waals surface area contributed by atoms with Gasteiger partial charge in [0.15, 0.2) is 11.5 Å². The highest BCUT2D eigenvalue weighted by Gasteiger charge is 2.12. The molecule has 0 saturated heterocycles. The summed E-state index contributed by atoms with van der Waals surface area (Å²) in [5.41, 5.74) is 1.86. The summed E-state index contributed by atoms with van der Waals surface area (Å²) in [6, 6.07) is 10.7. The van der Waals surface area contributed by atoms with Gasteiger partial charge in [-0.25, -0.2) is 14.8 Å². The molecular weight excluding hydrogens is 340 g/mol. The minimum atomic E-state index is -0.471. The second kappa shape index (κ2) is 7.76. The van der Waals surface area contributed by atoms with Crippen molar-refractivity contribution in [3.05, 3.63) is 59.4 Å². The number of hydrogen-bond donors (Lipinski definition) is 0. The molecule has 0 bridgehead atoms. The largest absolute Gasteiger partial charge is 0.493 e. The van der Waals surface area contributed by atoms with E-state index in [2.05, 4.69) is 9.97 Å². The van der Waals surface area contributed by atoms with Gasteiger partial charge in [0.1, 0.15) is 17.3 Å². The Morgan fingerprint density at radius 3 is 2.68 bits per heavy atom. The van der Waals surface area contributed by atoms with E-state index in [0.29, 0.717) is 17.2 Å². The van der Waals surface area contributed by atoms with Crippen molar-refractivity contribution in [1.82, 2.24) is 9.97 Å². The number of ether oxygens (including phenoxy) is 3. The van der Waals surface area contributed by atoms with Crippen molar-refractivity contribution in [3.8, 4) is 22.1 Å². The van der Waals surface area contributed by atoms with Crippen molar-refractivity contribution in [2.45, 2.75) is 6.61 Å². The van der Waals surface area contributed by atoms with Crippen LogP contribution < -0.4 is 9.47 Å². The highest BCUT2D eigenvalue weighted by Crippen LogP contribution is 2.33. The predicted molar refractivity (Wildman–Crippen MR) is 94.0 cm³/mol. The van der Waals surface area contributed by atoms with Crippen LogP contribution in [0.2, 0.25) is 0 Å². The normalized spacial score (nSPS) is 10.3. The summed E-state index contributed by atoms with van der Waals surface area (Å²) >= 11 is 1.47. The lowest BCUT2D eigenvalue weighted by Crippen LogP contribution is -2.07. The first kappa shape index (κ1) is 16.9. The van der Waals surface area contributed by atoms with E-state index < -0.39 is 5.97 Å². The molecule has 7 heteroatoms. The van der Waals surface area contributed by atoms with Crippen LogP contribution in [-0.4, -0.2) is 30.2 Å². The highest BCUT2D eigenvalue weighted by molar-refractivity contribution is 7.13. The summed E-state index contributed by atoms with van der Waals surface area (Å²) in [6.07, 6.45) is 1.55. The Hall–Kier alpha value is -2.93. The summed E-state index contributed by atoms with van der Waals surface area (Å²) in [5.74, 6) is 0.826. The molecule has 2 heterocycles. The number of hydrogen-bond acceptors (Lipinski definition) is 7. The first-order valence-corrected chi connectivity index (χ1v) is 8.34. The molecular formula is C18H16N2O4S. The maximum absolute atomic E-state index is 11.9. The van der Waals surface area contributed by atoms with Crippen molar-refractivity contribution >= 4 is 17.3 Å². The number of aromatic nitrogens is 2. The van der Waals surface area contributed by atoms with Gasteiger partial charge in [-0.1, -0.05) is 6.07 Å². The second-order valence-electron chi connectivity index (χ2n) is 5.00. The standard InChI is InChI=1S/C18H16N2O4S/c1-22-15-7-6-12(9-16(15)23-2)17-20-13(11-25-17)10-24-18(21)14-5-3-4-8-19-14/h3-9,11H,10H2,1-2H3. The molecule has 0 saturated carbocycles. The molecule has 0 amide bonds. The number of pyridine rings is 1. The van der Waals surface area contributed by atoms with E-state index in [1.54, 1.807) is 38.6 Å². The first-order chi connectivity index (χ1) is 12.2. The van der Waals surface area contributed by atoms with Crippen LogP contribution in [0.1, 0.15) is 16.2 Å². The molecule has 0 radical (unpaired) electrons. The van der Waals surface area contributed by atoms with E-state index >= 15 is 0 Å². The third kappa shape index (κ3) is 3.95. The molecule has 0 fully saturated rings. The zero-order valence-electron chi connectivity index (χ0n) is 13.8. The minimum Gasteiger partial charge on any atom is -0.493 e. The number of carbonyl (C=O) groups is 1. The molecule has 3 rings (SSSR count). The van der Waals surface area contributed by atoms with Gasteiger partial charge in [-0.2, -0.15) is 0 Å². The number of methoxy groups -OCH3 is 2. The van der Waals surface area contributed by atoms with E-state index in [0.717, 1.165) is 10.6 Å². The predicted octanol–water partition coefficient (Wildman–Crippen LogP) is 3.58.